The Kier molecular flexibility index (Phi) is 3.83. The van der Waals surface area contributed by atoms with Crippen LogP contribution in [0.3, 0.4) is 0 Å². The molecule has 2 aromatic carbocycles. The first-order chi connectivity index (χ1) is 8.83. The summed E-state index contributed by atoms with van der Waals surface area (Å²) in [6.07, 6.45) is 0. The summed E-state index contributed by atoms with van der Waals surface area (Å²) < 4.78 is 5.79. The first-order valence-electron chi connectivity index (χ1n) is 6.38. The molecule has 0 unspecified atom stereocenters. The van der Waals surface area contributed by atoms with Gasteiger partial charge in [0.1, 0.15) is 11.3 Å². The number of aryl methyl sites for hydroxylation is 1. The van der Waals surface area contributed by atoms with Gasteiger partial charge >= 0.3 is 0 Å². The highest BCUT2D eigenvalue weighted by Gasteiger charge is 2.04. The second kappa shape index (κ2) is 5.54. The average molecular weight is 238 g/mol. The van der Waals surface area contributed by atoms with Crippen LogP contribution in [-0.4, -0.2) is 0 Å². The van der Waals surface area contributed by atoms with Crippen molar-refractivity contribution in [2.75, 3.05) is 0 Å². The molecule has 0 amide bonds. The minimum Gasteiger partial charge on any atom is -0.456 e. The molecule has 3 aromatic rings. The van der Waals surface area contributed by atoms with Crippen molar-refractivity contribution in [1.29, 1.82) is 0 Å². The average Bonchev–Trinajstić information content (AvgIpc) is 2.85. The molecule has 1 heterocycles. The van der Waals surface area contributed by atoms with Gasteiger partial charge < -0.3 is 4.42 Å². The first-order valence-corrected chi connectivity index (χ1v) is 6.38. The Labute approximate surface area is 108 Å². The predicted molar refractivity (Wildman–Crippen MR) is 77.7 cm³/mol. The quantitative estimate of drug-likeness (QED) is 0.550. The van der Waals surface area contributed by atoms with Crippen molar-refractivity contribution in [2.24, 2.45) is 0 Å². The number of benzene rings is 2. The molecule has 0 bridgehead atoms. The Morgan fingerprint density at radius 3 is 2.17 bits per heavy atom. The van der Waals surface area contributed by atoms with E-state index >= 15 is 0 Å². The van der Waals surface area contributed by atoms with E-state index in [0.717, 1.165) is 22.3 Å². The fourth-order valence-corrected chi connectivity index (χ4v) is 1.84. The molecular formula is C17H18O. The van der Waals surface area contributed by atoms with Gasteiger partial charge in [0.25, 0.3) is 0 Å². The summed E-state index contributed by atoms with van der Waals surface area (Å²) in [4.78, 5) is 0. The summed E-state index contributed by atoms with van der Waals surface area (Å²) in [5, 5.41) is 1.15. The van der Waals surface area contributed by atoms with Crippen molar-refractivity contribution < 1.29 is 4.42 Å². The van der Waals surface area contributed by atoms with Gasteiger partial charge in [0.2, 0.25) is 0 Å². The van der Waals surface area contributed by atoms with Crippen molar-refractivity contribution in [1.82, 2.24) is 0 Å². The highest BCUT2D eigenvalue weighted by molar-refractivity contribution is 5.82. The molecule has 0 saturated heterocycles. The van der Waals surface area contributed by atoms with Crippen LogP contribution in [0.15, 0.2) is 59.0 Å². The number of furan rings is 1. The van der Waals surface area contributed by atoms with Crippen molar-refractivity contribution in [2.45, 2.75) is 20.8 Å². The maximum absolute atomic E-state index is 5.79. The zero-order valence-corrected chi connectivity index (χ0v) is 11.1. The molecule has 0 atom stereocenters. The van der Waals surface area contributed by atoms with Crippen LogP contribution in [0.2, 0.25) is 0 Å². The van der Waals surface area contributed by atoms with Gasteiger partial charge in [-0.1, -0.05) is 61.9 Å². The Bertz CT molecular complexity index is 584. The molecule has 3 rings (SSSR count). The van der Waals surface area contributed by atoms with Crippen molar-refractivity contribution in [3.05, 3.63) is 60.2 Å². The molecule has 18 heavy (non-hydrogen) atoms. The molecule has 0 saturated carbocycles. The SMILES string of the molecule is CC.Cc1ccc(-c2cc3ccccc3o2)cc1. The molecule has 0 aliphatic carbocycles. The lowest BCUT2D eigenvalue weighted by Gasteiger charge is -1.96. The molecule has 1 aromatic heterocycles. The topological polar surface area (TPSA) is 13.1 Å². The number of rotatable bonds is 1. The fourth-order valence-electron chi connectivity index (χ4n) is 1.84. The lowest BCUT2D eigenvalue weighted by Crippen LogP contribution is -1.74. The van der Waals surface area contributed by atoms with E-state index in [2.05, 4.69) is 43.3 Å². The van der Waals surface area contributed by atoms with Gasteiger partial charge in [-0.15, -0.1) is 0 Å². The standard InChI is InChI=1S/C15H12O.C2H6/c1-11-6-8-12(9-7-11)15-10-13-4-2-3-5-14(13)16-15;1-2/h2-10H,1H3;1-2H3. The van der Waals surface area contributed by atoms with Crippen LogP contribution < -0.4 is 0 Å². The number of para-hydroxylation sites is 1. The van der Waals surface area contributed by atoms with Gasteiger partial charge in [-0.2, -0.15) is 0 Å². The molecule has 0 radical (unpaired) electrons. The second-order valence-electron chi connectivity index (χ2n) is 4.01. The zero-order chi connectivity index (χ0) is 13.0. The van der Waals surface area contributed by atoms with E-state index in [-0.39, 0.29) is 0 Å². The maximum atomic E-state index is 5.79. The highest BCUT2D eigenvalue weighted by atomic mass is 16.3. The van der Waals surface area contributed by atoms with Gasteiger partial charge in [-0.25, -0.2) is 0 Å². The highest BCUT2D eigenvalue weighted by Crippen LogP contribution is 2.27. The zero-order valence-electron chi connectivity index (χ0n) is 11.1. The van der Waals surface area contributed by atoms with Gasteiger partial charge in [-0.05, 0) is 19.1 Å². The number of hydrogen-bond donors (Lipinski definition) is 0. The molecule has 92 valence electrons. The van der Waals surface area contributed by atoms with Gasteiger partial charge in [0.05, 0.1) is 0 Å². The van der Waals surface area contributed by atoms with Crippen molar-refractivity contribution >= 4 is 11.0 Å². The second-order valence-corrected chi connectivity index (χ2v) is 4.01. The lowest BCUT2D eigenvalue weighted by atomic mass is 10.1. The van der Waals surface area contributed by atoms with Crippen LogP contribution in [0, 0.1) is 6.92 Å². The molecule has 0 aliphatic heterocycles. The minimum atomic E-state index is 0.932. The van der Waals surface area contributed by atoms with Gasteiger partial charge in [0.15, 0.2) is 0 Å². The smallest absolute Gasteiger partial charge is 0.135 e. The summed E-state index contributed by atoms with van der Waals surface area (Å²) in [6, 6.07) is 18.5. The van der Waals surface area contributed by atoms with Crippen molar-refractivity contribution in [3.63, 3.8) is 0 Å². The third kappa shape index (κ3) is 2.45. The number of fused-ring (bicyclic) bond motifs is 1. The third-order valence-corrected chi connectivity index (χ3v) is 2.76. The van der Waals surface area contributed by atoms with Crippen LogP contribution in [0.5, 0.6) is 0 Å². The summed E-state index contributed by atoms with van der Waals surface area (Å²) in [5.74, 6) is 0.932. The van der Waals surface area contributed by atoms with Gasteiger partial charge in [0, 0.05) is 10.9 Å². The Balaban J connectivity index is 0.000000574. The largest absolute Gasteiger partial charge is 0.456 e. The summed E-state index contributed by atoms with van der Waals surface area (Å²) in [5.41, 5.74) is 3.33. The monoisotopic (exact) mass is 238 g/mol. The summed E-state index contributed by atoms with van der Waals surface area (Å²) >= 11 is 0. The minimum absolute atomic E-state index is 0.932. The van der Waals surface area contributed by atoms with E-state index in [9.17, 15) is 0 Å². The molecule has 0 spiro atoms. The van der Waals surface area contributed by atoms with E-state index in [1.807, 2.05) is 32.0 Å². The van der Waals surface area contributed by atoms with Crippen LogP contribution in [0.4, 0.5) is 0 Å². The Morgan fingerprint density at radius 1 is 0.833 bits per heavy atom. The predicted octanol–water partition coefficient (Wildman–Crippen LogP) is 5.43. The normalized spacial score (nSPS) is 9.94. The van der Waals surface area contributed by atoms with E-state index in [4.69, 9.17) is 4.42 Å². The van der Waals surface area contributed by atoms with Crippen LogP contribution in [0.25, 0.3) is 22.3 Å². The first kappa shape index (κ1) is 12.4. The molecule has 0 fully saturated rings. The number of hydrogen-bond acceptors (Lipinski definition) is 1. The van der Waals surface area contributed by atoms with Crippen molar-refractivity contribution in [3.8, 4) is 11.3 Å². The molecule has 0 N–H and O–H groups in total. The summed E-state index contributed by atoms with van der Waals surface area (Å²) in [6.45, 7) is 6.09. The van der Waals surface area contributed by atoms with E-state index in [0.29, 0.717) is 0 Å². The molecule has 1 heteroatoms. The van der Waals surface area contributed by atoms with E-state index in [1.54, 1.807) is 0 Å². The molecule has 0 aliphatic rings. The van der Waals surface area contributed by atoms with E-state index in [1.165, 1.54) is 5.56 Å². The van der Waals surface area contributed by atoms with Crippen LogP contribution in [-0.2, 0) is 0 Å². The lowest BCUT2D eigenvalue weighted by molar-refractivity contribution is 0.631. The Hall–Kier alpha value is -2.02. The Morgan fingerprint density at radius 2 is 1.50 bits per heavy atom. The van der Waals surface area contributed by atoms with Gasteiger partial charge in [-0.3, -0.25) is 0 Å². The molecular weight excluding hydrogens is 220 g/mol. The maximum Gasteiger partial charge on any atom is 0.135 e. The van der Waals surface area contributed by atoms with E-state index < -0.39 is 0 Å². The summed E-state index contributed by atoms with van der Waals surface area (Å²) in [7, 11) is 0. The fraction of sp³-hybridized carbons (Fsp3) is 0.176. The van der Waals surface area contributed by atoms with Crippen LogP contribution in [0.1, 0.15) is 19.4 Å². The third-order valence-electron chi connectivity index (χ3n) is 2.76. The molecule has 1 nitrogen and oxygen atoms in total. The van der Waals surface area contributed by atoms with Crippen LogP contribution >= 0.6 is 0 Å².